The van der Waals surface area contributed by atoms with Crippen molar-refractivity contribution in [2.75, 3.05) is 0 Å². The first-order valence-electron chi connectivity index (χ1n) is 16.5. The van der Waals surface area contributed by atoms with Gasteiger partial charge in [-0.3, -0.25) is 4.79 Å². The molecule has 1 aliphatic carbocycles. The zero-order valence-corrected chi connectivity index (χ0v) is 29.4. The van der Waals surface area contributed by atoms with Crippen molar-refractivity contribution in [3.8, 4) is 23.0 Å². The van der Waals surface area contributed by atoms with E-state index in [0.29, 0.717) is 59.8 Å². The molecule has 0 heterocycles. The van der Waals surface area contributed by atoms with Crippen molar-refractivity contribution in [2.24, 2.45) is 10.9 Å². The highest BCUT2D eigenvalue weighted by atomic mass is 16.6. The van der Waals surface area contributed by atoms with Gasteiger partial charge in [0, 0.05) is 35.8 Å². The summed E-state index contributed by atoms with van der Waals surface area (Å²) in [5.74, 6) is 1.36. The number of amidine groups is 1. The molecule has 0 atom stereocenters. The van der Waals surface area contributed by atoms with E-state index >= 15 is 0 Å². The molecule has 6 N–H and O–H groups in total. The Balaban J connectivity index is 1.45. The van der Waals surface area contributed by atoms with Crippen LogP contribution >= 0.6 is 0 Å². The van der Waals surface area contributed by atoms with Gasteiger partial charge in [0.1, 0.15) is 34.2 Å². The van der Waals surface area contributed by atoms with Crippen LogP contribution < -0.4 is 31.2 Å². The van der Waals surface area contributed by atoms with Gasteiger partial charge in [0.25, 0.3) is 5.91 Å². The zero-order valence-electron chi connectivity index (χ0n) is 29.4. The molecule has 0 unspecified atom stereocenters. The lowest BCUT2D eigenvalue weighted by atomic mass is 9.91. The van der Waals surface area contributed by atoms with E-state index in [9.17, 15) is 14.4 Å². The predicted molar refractivity (Wildman–Crippen MR) is 188 cm³/mol. The first-order valence-corrected chi connectivity index (χ1v) is 16.5. The van der Waals surface area contributed by atoms with Crippen molar-refractivity contribution in [1.29, 1.82) is 0 Å². The zero-order chi connectivity index (χ0) is 36.5. The van der Waals surface area contributed by atoms with E-state index < -0.39 is 23.4 Å². The molecule has 50 heavy (non-hydrogen) atoms. The van der Waals surface area contributed by atoms with Crippen molar-refractivity contribution >= 4 is 23.9 Å². The van der Waals surface area contributed by atoms with Gasteiger partial charge in [-0.2, -0.15) is 0 Å². The summed E-state index contributed by atoms with van der Waals surface area (Å²) < 4.78 is 22.9. The van der Waals surface area contributed by atoms with E-state index in [0.717, 1.165) is 5.56 Å². The van der Waals surface area contributed by atoms with Gasteiger partial charge in [-0.05, 0) is 121 Å². The second-order valence-electron chi connectivity index (χ2n) is 14.1. The highest BCUT2D eigenvalue weighted by Crippen LogP contribution is 2.31. The van der Waals surface area contributed by atoms with Crippen LogP contribution in [0.3, 0.4) is 0 Å². The number of nitrogens with one attached hydrogen (secondary N) is 3. The number of rotatable bonds is 10. The summed E-state index contributed by atoms with van der Waals surface area (Å²) in [6, 6.07) is 18.6. The van der Waals surface area contributed by atoms with Crippen LogP contribution in [0.1, 0.15) is 88.7 Å². The molecule has 0 radical (unpaired) electrons. The van der Waals surface area contributed by atoms with E-state index in [2.05, 4.69) is 21.1 Å². The van der Waals surface area contributed by atoms with Crippen LogP contribution in [0.2, 0.25) is 0 Å². The molecule has 4 rings (SSSR count). The minimum absolute atomic E-state index is 0.0281. The van der Waals surface area contributed by atoms with Crippen molar-refractivity contribution in [3.05, 3.63) is 83.4 Å². The smallest absolute Gasteiger partial charge is 0.407 e. The molecule has 268 valence electrons. The Bertz CT molecular complexity index is 1650. The SMILES string of the molecule is CC(C)(C)OC(=O)NCc1ccc(Oc2cc(Oc3ccc(C(N)=NO)cc3)cc(C(=O)NC3CCC(NC(=O)OC(C)(C)C)CC3)c2)cc1. The Morgan fingerprint density at radius 1 is 0.700 bits per heavy atom. The van der Waals surface area contributed by atoms with Gasteiger partial charge in [0.05, 0.1) is 0 Å². The molecule has 0 spiro atoms. The largest absolute Gasteiger partial charge is 0.457 e. The van der Waals surface area contributed by atoms with E-state index in [-0.39, 0.29) is 30.4 Å². The third kappa shape index (κ3) is 12.2. The van der Waals surface area contributed by atoms with Crippen LogP contribution in [-0.4, -0.2) is 52.4 Å². The molecule has 1 saturated carbocycles. The van der Waals surface area contributed by atoms with E-state index in [1.807, 2.05) is 32.9 Å². The Morgan fingerprint density at radius 2 is 1.18 bits per heavy atom. The number of hydrogen-bond donors (Lipinski definition) is 5. The number of amides is 3. The van der Waals surface area contributed by atoms with Crippen LogP contribution in [0.5, 0.6) is 23.0 Å². The Kier molecular flexibility index (Phi) is 12.2. The molecular weight excluding hydrogens is 642 g/mol. The summed E-state index contributed by atoms with van der Waals surface area (Å²) in [6.07, 6.45) is 1.83. The molecule has 13 nitrogen and oxygen atoms in total. The van der Waals surface area contributed by atoms with Crippen molar-refractivity contribution in [3.63, 3.8) is 0 Å². The van der Waals surface area contributed by atoms with Gasteiger partial charge in [0.2, 0.25) is 0 Å². The number of carbonyl (C=O) groups is 3. The van der Waals surface area contributed by atoms with Crippen molar-refractivity contribution < 1.29 is 38.5 Å². The molecule has 1 aliphatic rings. The van der Waals surface area contributed by atoms with Crippen molar-refractivity contribution in [2.45, 2.75) is 97.1 Å². The topological polar surface area (TPSA) is 183 Å². The average Bonchev–Trinajstić information content (AvgIpc) is 3.03. The summed E-state index contributed by atoms with van der Waals surface area (Å²) in [5.41, 5.74) is 6.19. The summed E-state index contributed by atoms with van der Waals surface area (Å²) in [6.45, 7) is 11.1. The fourth-order valence-corrected chi connectivity index (χ4v) is 5.13. The van der Waals surface area contributed by atoms with Crippen LogP contribution in [0, 0.1) is 0 Å². The molecule has 0 aromatic heterocycles. The number of carbonyl (C=O) groups excluding carboxylic acids is 3. The first kappa shape index (κ1) is 37.4. The lowest BCUT2D eigenvalue weighted by molar-refractivity contribution is 0.0485. The molecule has 3 amide bonds. The molecule has 0 aliphatic heterocycles. The maximum Gasteiger partial charge on any atom is 0.407 e. The van der Waals surface area contributed by atoms with E-state index in [1.54, 1.807) is 75.4 Å². The normalized spacial score (nSPS) is 16.5. The second-order valence-corrected chi connectivity index (χ2v) is 14.1. The quantitative estimate of drug-likeness (QED) is 0.0650. The lowest BCUT2D eigenvalue weighted by Gasteiger charge is -2.30. The standard InChI is InChI=1S/C37H47N5O8/c1-36(2,3)49-34(44)39-22-23-7-15-28(16-8-23)47-30-19-25(20-31(21-30)48-29-17-9-24(10-18-29)32(38)42-46)33(43)40-26-11-13-27(14-12-26)41-35(45)50-37(4,5)6/h7-10,15-21,26-27,46H,11-14,22H2,1-6H3,(H2,38,42)(H,39,44)(H,40,43)(H,41,45). The molecular formula is C37H47N5O8. The van der Waals surface area contributed by atoms with Crippen LogP contribution in [0.4, 0.5) is 9.59 Å². The minimum Gasteiger partial charge on any atom is -0.457 e. The van der Waals surface area contributed by atoms with Gasteiger partial charge in [-0.1, -0.05) is 17.3 Å². The number of ether oxygens (including phenoxy) is 4. The maximum absolute atomic E-state index is 13.5. The molecule has 13 heteroatoms. The summed E-state index contributed by atoms with van der Waals surface area (Å²) >= 11 is 0. The second kappa shape index (κ2) is 16.3. The lowest BCUT2D eigenvalue weighted by Crippen LogP contribution is -2.45. The van der Waals surface area contributed by atoms with E-state index in [1.165, 1.54) is 0 Å². The third-order valence-corrected chi connectivity index (χ3v) is 7.41. The first-order chi connectivity index (χ1) is 23.5. The average molecular weight is 690 g/mol. The molecule has 0 bridgehead atoms. The number of oxime groups is 1. The molecule has 3 aromatic carbocycles. The van der Waals surface area contributed by atoms with Gasteiger partial charge >= 0.3 is 12.2 Å². The number of nitrogens with two attached hydrogens (primary N) is 1. The number of alkyl carbamates (subject to hydrolysis) is 2. The minimum atomic E-state index is -0.595. The fraction of sp³-hybridized carbons (Fsp3) is 0.405. The molecule has 3 aromatic rings. The van der Waals surface area contributed by atoms with Crippen molar-refractivity contribution in [1.82, 2.24) is 16.0 Å². The fourth-order valence-electron chi connectivity index (χ4n) is 5.13. The highest BCUT2D eigenvalue weighted by molar-refractivity contribution is 5.97. The number of nitrogens with zero attached hydrogens (tertiary/aromatic N) is 1. The molecule has 0 saturated heterocycles. The van der Waals surface area contributed by atoms with Gasteiger partial charge in [0.15, 0.2) is 5.84 Å². The monoisotopic (exact) mass is 689 g/mol. The van der Waals surface area contributed by atoms with Gasteiger partial charge in [-0.15, -0.1) is 0 Å². The Morgan fingerprint density at radius 3 is 1.68 bits per heavy atom. The summed E-state index contributed by atoms with van der Waals surface area (Å²) in [7, 11) is 0. The third-order valence-electron chi connectivity index (χ3n) is 7.41. The highest BCUT2D eigenvalue weighted by Gasteiger charge is 2.26. The predicted octanol–water partition coefficient (Wildman–Crippen LogP) is 6.96. The van der Waals surface area contributed by atoms with Crippen LogP contribution in [-0.2, 0) is 16.0 Å². The molecule has 1 fully saturated rings. The Hall–Kier alpha value is -5.46. The maximum atomic E-state index is 13.5. The van der Waals surface area contributed by atoms with E-state index in [4.69, 9.17) is 29.9 Å². The summed E-state index contributed by atoms with van der Waals surface area (Å²) in [4.78, 5) is 37.8. The number of hydrogen-bond acceptors (Lipinski definition) is 9. The van der Waals surface area contributed by atoms with Crippen LogP contribution in [0.25, 0.3) is 0 Å². The number of benzene rings is 3. The Labute approximate surface area is 292 Å². The van der Waals surface area contributed by atoms with Gasteiger partial charge < -0.3 is 45.8 Å². The van der Waals surface area contributed by atoms with Gasteiger partial charge in [-0.25, -0.2) is 9.59 Å². The van der Waals surface area contributed by atoms with Crippen LogP contribution in [0.15, 0.2) is 71.9 Å². The summed E-state index contributed by atoms with van der Waals surface area (Å²) in [5, 5.41) is 20.7.